The summed E-state index contributed by atoms with van der Waals surface area (Å²) < 4.78 is 0. The summed E-state index contributed by atoms with van der Waals surface area (Å²) in [7, 11) is 0. The van der Waals surface area contributed by atoms with Crippen LogP contribution < -0.4 is 5.73 Å². The molecule has 2 heterocycles. The van der Waals surface area contributed by atoms with Crippen LogP contribution in [-0.2, 0) is 0 Å². The van der Waals surface area contributed by atoms with Gasteiger partial charge in [0.25, 0.3) is 0 Å². The van der Waals surface area contributed by atoms with E-state index < -0.39 is 0 Å². The van der Waals surface area contributed by atoms with E-state index in [-0.39, 0.29) is 0 Å². The Hall–Kier alpha value is -1.69. The lowest BCUT2D eigenvalue weighted by atomic mass is 10.5. The average molecular weight is 205 g/mol. The van der Waals surface area contributed by atoms with Crippen LogP contribution in [0.5, 0.6) is 0 Å². The number of nitrogens with zero attached hydrogens (tertiary/aromatic N) is 4. The second-order valence-corrected chi connectivity index (χ2v) is 3.48. The SMILES string of the molecule is Nc1ccc(Sc2cnccn2)nn1. The Morgan fingerprint density at radius 2 is 2.00 bits per heavy atom. The summed E-state index contributed by atoms with van der Waals surface area (Å²) in [5.41, 5.74) is 5.41. The van der Waals surface area contributed by atoms with Crippen molar-refractivity contribution in [3.8, 4) is 0 Å². The van der Waals surface area contributed by atoms with Gasteiger partial charge < -0.3 is 5.73 Å². The molecule has 0 spiro atoms. The van der Waals surface area contributed by atoms with E-state index in [9.17, 15) is 0 Å². The molecule has 2 aromatic rings. The third-order valence-corrected chi connectivity index (χ3v) is 2.26. The van der Waals surface area contributed by atoms with Crippen LogP contribution in [0, 0.1) is 0 Å². The van der Waals surface area contributed by atoms with E-state index in [0.717, 1.165) is 10.1 Å². The molecule has 6 heteroatoms. The van der Waals surface area contributed by atoms with Crippen molar-refractivity contribution in [3.63, 3.8) is 0 Å². The fourth-order valence-corrected chi connectivity index (χ4v) is 1.49. The van der Waals surface area contributed by atoms with E-state index in [2.05, 4.69) is 20.2 Å². The number of nitrogen functional groups attached to an aromatic ring is 1. The van der Waals surface area contributed by atoms with Gasteiger partial charge >= 0.3 is 0 Å². The predicted octanol–water partition coefficient (Wildman–Crippen LogP) is 1.00. The normalized spacial score (nSPS) is 10.0. The van der Waals surface area contributed by atoms with Crippen LogP contribution >= 0.6 is 11.8 Å². The van der Waals surface area contributed by atoms with Gasteiger partial charge in [0.05, 0.1) is 6.20 Å². The van der Waals surface area contributed by atoms with E-state index in [1.165, 1.54) is 11.8 Å². The summed E-state index contributed by atoms with van der Waals surface area (Å²) in [5.74, 6) is 0.411. The molecule has 0 unspecified atom stereocenters. The smallest absolute Gasteiger partial charge is 0.146 e. The van der Waals surface area contributed by atoms with E-state index in [1.54, 1.807) is 30.7 Å². The summed E-state index contributed by atoms with van der Waals surface area (Å²) in [6.45, 7) is 0. The third kappa shape index (κ3) is 2.17. The Morgan fingerprint density at radius 3 is 2.64 bits per heavy atom. The monoisotopic (exact) mass is 205 g/mol. The van der Waals surface area contributed by atoms with E-state index in [1.807, 2.05) is 0 Å². The summed E-state index contributed by atoms with van der Waals surface area (Å²) >= 11 is 1.39. The first kappa shape index (κ1) is 8.89. The molecule has 0 aliphatic carbocycles. The van der Waals surface area contributed by atoms with Crippen LogP contribution in [0.2, 0.25) is 0 Å². The standard InChI is InChI=1S/C8H7N5S/c9-6-1-2-7(13-12-6)14-8-5-10-3-4-11-8/h1-5H,(H2,9,12). The molecule has 2 rings (SSSR count). The maximum Gasteiger partial charge on any atom is 0.146 e. The van der Waals surface area contributed by atoms with Crippen LogP contribution in [-0.4, -0.2) is 20.2 Å². The molecule has 0 fully saturated rings. The van der Waals surface area contributed by atoms with E-state index >= 15 is 0 Å². The van der Waals surface area contributed by atoms with Crippen molar-refractivity contribution in [1.82, 2.24) is 20.2 Å². The molecule has 14 heavy (non-hydrogen) atoms. The van der Waals surface area contributed by atoms with Gasteiger partial charge in [-0.15, -0.1) is 10.2 Å². The third-order valence-electron chi connectivity index (χ3n) is 1.41. The van der Waals surface area contributed by atoms with E-state index in [4.69, 9.17) is 5.73 Å². The van der Waals surface area contributed by atoms with E-state index in [0.29, 0.717) is 5.82 Å². The Kier molecular flexibility index (Phi) is 2.55. The average Bonchev–Trinajstić information content (AvgIpc) is 2.23. The Labute approximate surface area is 84.8 Å². The van der Waals surface area contributed by atoms with Gasteiger partial charge in [0.15, 0.2) is 0 Å². The first-order chi connectivity index (χ1) is 6.84. The van der Waals surface area contributed by atoms with Crippen LogP contribution in [0.4, 0.5) is 5.82 Å². The van der Waals surface area contributed by atoms with Gasteiger partial charge in [-0.25, -0.2) is 4.98 Å². The fraction of sp³-hybridized carbons (Fsp3) is 0. The summed E-state index contributed by atoms with van der Waals surface area (Å²) in [6.07, 6.45) is 4.93. The molecule has 2 N–H and O–H groups in total. The van der Waals surface area contributed by atoms with Gasteiger partial charge in [-0.1, -0.05) is 0 Å². The van der Waals surface area contributed by atoms with Gasteiger partial charge in [0, 0.05) is 12.4 Å². The highest BCUT2D eigenvalue weighted by Gasteiger charge is 1.99. The quantitative estimate of drug-likeness (QED) is 0.788. The molecule has 0 bridgehead atoms. The van der Waals surface area contributed by atoms with Crippen LogP contribution in [0.25, 0.3) is 0 Å². The lowest BCUT2D eigenvalue weighted by molar-refractivity contribution is 0.933. The zero-order chi connectivity index (χ0) is 9.80. The van der Waals surface area contributed by atoms with Gasteiger partial charge in [0.2, 0.25) is 0 Å². The highest BCUT2D eigenvalue weighted by Crippen LogP contribution is 2.22. The highest BCUT2D eigenvalue weighted by atomic mass is 32.2. The molecule has 0 saturated heterocycles. The second kappa shape index (κ2) is 4.01. The molecule has 0 aliphatic heterocycles. The Balaban J connectivity index is 2.16. The molecule has 0 radical (unpaired) electrons. The van der Waals surface area contributed by atoms with Crippen molar-refractivity contribution in [2.45, 2.75) is 10.1 Å². The predicted molar refractivity (Wildman–Crippen MR) is 52.6 cm³/mol. The fourth-order valence-electron chi connectivity index (χ4n) is 0.830. The molecule has 0 saturated carbocycles. The molecule has 0 aromatic carbocycles. The molecule has 70 valence electrons. The number of anilines is 1. The topological polar surface area (TPSA) is 77.6 Å². The van der Waals surface area contributed by atoms with Crippen molar-refractivity contribution in [2.75, 3.05) is 5.73 Å². The van der Waals surface area contributed by atoms with Crippen molar-refractivity contribution in [3.05, 3.63) is 30.7 Å². The van der Waals surface area contributed by atoms with Crippen LogP contribution in [0.1, 0.15) is 0 Å². The minimum Gasteiger partial charge on any atom is -0.382 e. The van der Waals surface area contributed by atoms with Crippen molar-refractivity contribution < 1.29 is 0 Å². The van der Waals surface area contributed by atoms with Gasteiger partial charge in [-0.2, -0.15) is 0 Å². The number of rotatable bonds is 2. The molecule has 0 amide bonds. The molecule has 2 aromatic heterocycles. The van der Waals surface area contributed by atoms with Gasteiger partial charge in [-0.05, 0) is 23.9 Å². The second-order valence-electron chi connectivity index (χ2n) is 2.44. The summed E-state index contributed by atoms with van der Waals surface area (Å²) in [5, 5.41) is 9.16. The zero-order valence-electron chi connectivity index (χ0n) is 7.16. The van der Waals surface area contributed by atoms with Gasteiger partial charge in [-0.3, -0.25) is 4.98 Å². The lowest BCUT2D eigenvalue weighted by Gasteiger charge is -1.97. The number of hydrogen-bond donors (Lipinski definition) is 1. The summed E-state index contributed by atoms with van der Waals surface area (Å²) in [6, 6.07) is 3.49. The van der Waals surface area contributed by atoms with Crippen molar-refractivity contribution in [2.24, 2.45) is 0 Å². The lowest BCUT2D eigenvalue weighted by Crippen LogP contribution is -1.93. The molecule has 5 nitrogen and oxygen atoms in total. The minimum absolute atomic E-state index is 0.411. The number of hydrogen-bond acceptors (Lipinski definition) is 6. The first-order valence-corrected chi connectivity index (χ1v) is 4.69. The van der Waals surface area contributed by atoms with Crippen molar-refractivity contribution in [1.29, 1.82) is 0 Å². The Morgan fingerprint density at radius 1 is 1.07 bits per heavy atom. The molecule has 0 aliphatic rings. The van der Waals surface area contributed by atoms with Crippen molar-refractivity contribution >= 4 is 17.6 Å². The maximum absolute atomic E-state index is 5.41. The molecule has 0 atom stereocenters. The molecular weight excluding hydrogens is 198 g/mol. The number of nitrogens with two attached hydrogens (primary N) is 1. The maximum atomic E-state index is 5.41. The summed E-state index contributed by atoms with van der Waals surface area (Å²) in [4.78, 5) is 8.04. The number of aromatic nitrogens is 4. The van der Waals surface area contributed by atoms with Gasteiger partial charge in [0.1, 0.15) is 15.9 Å². The largest absolute Gasteiger partial charge is 0.382 e. The Bertz CT molecular complexity index is 402. The van der Waals surface area contributed by atoms with Crippen LogP contribution in [0.15, 0.2) is 40.8 Å². The molecular formula is C8H7N5S. The first-order valence-electron chi connectivity index (χ1n) is 3.88. The highest BCUT2D eigenvalue weighted by molar-refractivity contribution is 7.99. The zero-order valence-corrected chi connectivity index (χ0v) is 7.98. The van der Waals surface area contributed by atoms with Crippen LogP contribution in [0.3, 0.4) is 0 Å². The minimum atomic E-state index is 0.411.